The molecule has 0 radical (unpaired) electrons. The van der Waals surface area contributed by atoms with E-state index in [1.165, 1.54) is 6.42 Å². The molecular formula is C23H29N3O3. The van der Waals surface area contributed by atoms with Crippen molar-refractivity contribution in [3.63, 3.8) is 0 Å². The second-order valence-electron chi connectivity index (χ2n) is 8.31. The molecule has 2 heterocycles. The van der Waals surface area contributed by atoms with E-state index in [1.807, 2.05) is 35.2 Å². The number of aryl methyl sites for hydroxylation is 1. The highest BCUT2D eigenvalue weighted by Gasteiger charge is 2.33. The van der Waals surface area contributed by atoms with Gasteiger partial charge in [-0.2, -0.15) is 0 Å². The second kappa shape index (κ2) is 8.39. The third-order valence-electron chi connectivity index (χ3n) is 6.11. The first-order chi connectivity index (χ1) is 14.0. The summed E-state index contributed by atoms with van der Waals surface area (Å²) in [7, 11) is 0. The molecule has 0 bridgehead atoms. The number of carbonyl (C=O) groups excluding carboxylic acids is 2. The Morgan fingerprint density at radius 3 is 2.52 bits per heavy atom. The van der Waals surface area contributed by atoms with Crippen LogP contribution in [0.25, 0.3) is 11.3 Å². The molecule has 2 aromatic rings. The standard InChI is InChI=1S/C23H29N3O3/c1-16-15-19(16)9-10-20(27)25-11-6-12-26(14-13-25)23(28)21-22(29-17(2)24-21)18-7-4-3-5-8-18/h3-5,7-8,16,19H,6,9-15H2,1-2H3/t16-,19-/m1/s1. The van der Waals surface area contributed by atoms with Crippen LogP contribution in [0.15, 0.2) is 34.7 Å². The molecule has 1 saturated heterocycles. The lowest BCUT2D eigenvalue weighted by Crippen LogP contribution is -2.37. The van der Waals surface area contributed by atoms with Gasteiger partial charge in [0.2, 0.25) is 5.91 Å². The molecule has 0 spiro atoms. The molecule has 1 aromatic carbocycles. The van der Waals surface area contributed by atoms with E-state index in [9.17, 15) is 9.59 Å². The summed E-state index contributed by atoms with van der Waals surface area (Å²) in [6.07, 6.45) is 3.67. The Bertz CT molecular complexity index is 877. The topological polar surface area (TPSA) is 66.7 Å². The molecule has 29 heavy (non-hydrogen) atoms. The number of oxazole rings is 1. The Hall–Kier alpha value is -2.63. The third-order valence-corrected chi connectivity index (χ3v) is 6.11. The summed E-state index contributed by atoms with van der Waals surface area (Å²) in [6, 6.07) is 9.59. The highest BCUT2D eigenvalue weighted by atomic mass is 16.4. The lowest BCUT2D eigenvalue weighted by atomic mass is 10.1. The first-order valence-electron chi connectivity index (χ1n) is 10.6. The number of nitrogens with zero attached hydrogens (tertiary/aromatic N) is 3. The van der Waals surface area contributed by atoms with Crippen LogP contribution in [-0.4, -0.2) is 52.8 Å². The molecule has 2 amide bonds. The molecule has 2 fully saturated rings. The number of rotatable bonds is 5. The molecule has 6 heteroatoms. The van der Waals surface area contributed by atoms with Gasteiger partial charge in [-0.1, -0.05) is 37.3 Å². The molecule has 0 N–H and O–H groups in total. The van der Waals surface area contributed by atoms with Crippen LogP contribution in [0.5, 0.6) is 0 Å². The number of hydrogen-bond donors (Lipinski definition) is 0. The third kappa shape index (κ3) is 4.52. The smallest absolute Gasteiger partial charge is 0.276 e. The number of amides is 2. The van der Waals surface area contributed by atoms with Crippen molar-refractivity contribution in [1.29, 1.82) is 0 Å². The van der Waals surface area contributed by atoms with E-state index < -0.39 is 0 Å². The van der Waals surface area contributed by atoms with Crippen molar-refractivity contribution in [3.8, 4) is 11.3 Å². The molecule has 1 aliphatic heterocycles. The van der Waals surface area contributed by atoms with Crippen molar-refractivity contribution >= 4 is 11.8 Å². The van der Waals surface area contributed by atoms with Crippen LogP contribution in [0.1, 0.15) is 49.0 Å². The van der Waals surface area contributed by atoms with Crippen molar-refractivity contribution in [3.05, 3.63) is 41.9 Å². The zero-order valence-electron chi connectivity index (χ0n) is 17.3. The maximum Gasteiger partial charge on any atom is 0.276 e. The van der Waals surface area contributed by atoms with Gasteiger partial charge in [-0.15, -0.1) is 0 Å². The quantitative estimate of drug-likeness (QED) is 0.773. The van der Waals surface area contributed by atoms with E-state index in [-0.39, 0.29) is 11.8 Å². The molecule has 1 aliphatic carbocycles. The number of aromatic nitrogens is 1. The summed E-state index contributed by atoms with van der Waals surface area (Å²) < 4.78 is 5.75. The van der Waals surface area contributed by atoms with Crippen LogP contribution in [-0.2, 0) is 4.79 Å². The number of hydrogen-bond acceptors (Lipinski definition) is 4. The van der Waals surface area contributed by atoms with Crippen molar-refractivity contribution in [2.45, 2.75) is 39.5 Å². The van der Waals surface area contributed by atoms with Crippen LogP contribution >= 0.6 is 0 Å². The minimum absolute atomic E-state index is 0.123. The SMILES string of the molecule is Cc1nc(C(=O)N2CCCN(C(=O)CC[C@@H]3C[C@H]3C)CC2)c(-c2ccccc2)o1. The van der Waals surface area contributed by atoms with Crippen LogP contribution in [0, 0.1) is 18.8 Å². The summed E-state index contributed by atoms with van der Waals surface area (Å²) in [6.45, 7) is 6.47. The molecule has 2 aliphatic rings. The average Bonchev–Trinajstić information content (AvgIpc) is 3.39. The van der Waals surface area contributed by atoms with E-state index in [0.717, 1.165) is 30.2 Å². The predicted molar refractivity (Wildman–Crippen MR) is 110 cm³/mol. The minimum atomic E-state index is -0.123. The van der Waals surface area contributed by atoms with Gasteiger partial charge in [0, 0.05) is 45.1 Å². The molecule has 1 aromatic heterocycles. The zero-order chi connectivity index (χ0) is 20.4. The van der Waals surface area contributed by atoms with Crippen LogP contribution < -0.4 is 0 Å². The Morgan fingerprint density at radius 2 is 1.79 bits per heavy atom. The fourth-order valence-corrected chi connectivity index (χ4v) is 4.15. The van der Waals surface area contributed by atoms with Gasteiger partial charge in [0.25, 0.3) is 5.91 Å². The molecule has 2 atom stereocenters. The summed E-state index contributed by atoms with van der Waals surface area (Å²) in [5.41, 5.74) is 1.20. The van der Waals surface area contributed by atoms with Crippen LogP contribution in [0.3, 0.4) is 0 Å². The zero-order valence-corrected chi connectivity index (χ0v) is 17.3. The van der Waals surface area contributed by atoms with Gasteiger partial charge in [0.05, 0.1) is 0 Å². The van der Waals surface area contributed by atoms with Crippen LogP contribution in [0.4, 0.5) is 0 Å². The van der Waals surface area contributed by atoms with Gasteiger partial charge < -0.3 is 14.2 Å². The van der Waals surface area contributed by atoms with Crippen LogP contribution in [0.2, 0.25) is 0 Å². The first-order valence-corrected chi connectivity index (χ1v) is 10.6. The lowest BCUT2D eigenvalue weighted by molar-refractivity contribution is -0.131. The largest absolute Gasteiger partial charge is 0.440 e. The monoisotopic (exact) mass is 395 g/mol. The Morgan fingerprint density at radius 1 is 1.10 bits per heavy atom. The fourth-order valence-electron chi connectivity index (χ4n) is 4.15. The van der Waals surface area contributed by atoms with E-state index in [0.29, 0.717) is 49.9 Å². The average molecular weight is 396 g/mol. The van der Waals surface area contributed by atoms with Gasteiger partial charge in [-0.25, -0.2) is 4.98 Å². The molecule has 4 rings (SSSR count). The number of benzene rings is 1. The molecule has 6 nitrogen and oxygen atoms in total. The summed E-state index contributed by atoms with van der Waals surface area (Å²) >= 11 is 0. The summed E-state index contributed by atoms with van der Waals surface area (Å²) in [5.74, 6) is 2.61. The summed E-state index contributed by atoms with van der Waals surface area (Å²) in [4.78, 5) is 33.9. The highest BCUT2D eigenvalue weighted by Crippen LogP contribution is 2.41. The van der Waals surface area contributed by atoms with E-state index in [2.05, 4.69) is 11.9 Å². The molecule has 0 unspecified atom stereocenters. The lowest BCUT2D eigenvalue weighted by Gasteiger charge is -2.22. The normalized spacial score (nSPS) is 21.7. The van der Waals surface area contributed by atoms with Crippen molar-refractivity contribution < 1.29 is 14.0 Å². The van der Waals surface area contributed by atoms with E-state index in [4.69, 9.17) is 4.42 Å². The predicted octanol–water partition coefficient (Wildman–Crippen LogP) is 3.76. The first kappa shape index (κ1) is 19.7. The number of carbonyl (C=O) groups is 2. The maximum atomic E-state index is 13.2. The Kier molecular flexibility index (Phi) is 5.69. The van der Waals surface area contributed by atoms with Crippen molar-refractivity contribution in [2.75, 3.05) is 26.2 Å². The summed E-state index contributed by atoms with van der Waals surface area (Å²) in [5, 5.41) is 0. The van der Waals surface area contributed by atoms with Crippen molar-refractivity contribution in [1.82, 2.24) is 14.8 Å². The minimum Gasteiger partial charge on any atom is -0.440 e. The molecule has 1 saturated carbocycles. The van der Waals surface area contributed by atoms with Gasteiger partial charge in [0.15, 0.2) is 17.3 Å². The molecule has 154 valence electrons. The van der Waals surface area contributed by atoms with Gasteiger partial charge >= 0.3 is 0 Å². The highest BCUT2D eigenvalue weighted by molar-refractivity contribution is 5.97. The molecular weight excluding hydrogens is 366 g/mol. The second-order valence-corrected chi connectivity index (χ2v) is 8.31. The van der Waals surface area contributed by atoms with Gasteiger partial charge in [-0.05, 0) is 31.1 Å². The van der Waals surface area contributed by atoms with Gasteiger partial charge in [-0.3, -0.25) is 9.59 Å². The Balaban J connectivity index is 1.41. The van der Waals surface area contributed by atoms with E-state index >= 15 is 0 Å². The Labute approximate surface area is 171 Å². The van der Waals surface area contributed by atoms with E-state index in [1.54, 1.807) is 11.8 Å². The van der Waals surface area contributed by atoms with Crippen molar-refractivity contribution in [2.24, 2.45) is 11.8 Å². The fraction of sp³-hybridized carbons (Fsp3) is 0.522. The maximum absolute atomic E-state index is 13.2. The van der Waals surface area contributed by atoms with Gasteiger partial charge in [0.1, 0.15) is 0 Å².